The minimum atomic E-state index is -0.0211. The van der Waals surface area contributed by atoms with Crippen molar-refractivity contribution in [3.8, 4) is 0 Å². The SMILES string of the molecule is CCc1sc(C(C)(C)C)cc1C(N)c1cc(C)ccc1C. The molecule has 21 heavy (non-hydrogen) atoms. The zero-order chi connectivity index (χ0) is 15.8. The van der Waals surface area contributed by atoms with Crippen molar-refractivity contribution in [3.05, 3.63) is 56.3 Å². The van der Waals surface area contributed by atoms with Crippen LogP contribution in [0.15, 0.2) is 24.3 Å². The Bertz CT molecular complexity index is 632. The maximum Gasteiger partial charge on any atom is 0.0565 e. The predicted molar refractivity (Wildman–Crippen MR) is 94.3 cm³/mol. The molecule has 114 valence electrons. The van der Waals surface area contributed by atoms with Crippen LogP contribution in [-0.2, 0) is 11.8 Å². The van der Waals surface area contributed by atoms with Gasteiger partial charge in [-0.1, -0.05) is 51.5 Å². The summed E-state index contributed by atoms with van der Waals surface area (Å²) in [5.74, 6) is 0. The summed E-state index contributed by atoms with van der Waals surface area (Å²) >= 11 is 1.92. The molecule has 2 rings (SSSR count). The standard InChI is InChI=1S/C19H27NS/c1-7-16-15(11-17(21-16)19(4,5)6)18(20)14-10-12(2)8-9-13(14)3/h8-11,18H,7,20H2,1-6H3. The molecule has 0 spiro atoms. The predicted octanol–water partition coefficient (Wildman–Crippen LogP) is 5.27. The average Bonchev–Trinajstić information content (AvgIpc) is 2.85. The molecule has 0 saturated carbocycles. The van der Waals surface area contributed by atoms with Gasteiger partial charge in [-0.15, -0.1) is 11.3 Å². The van der Waals surface area contributed by atoms with Crippen LogP contribution >= 0.6 is 11.3 Å². The van der Waals surface area contributed by atoms with Crippen molar-refractivity contribution in [2.75, 3.05) is 0 Å². The molecule has 1 heterocycles. The number of thiophene rings is 1. The van der Waals surface area contributed by atoms with Gasteiger partial charge in [-0.25, -0.2) is 0 Å². The summed E-state index contributed by atoms with van der Waals surface area (Å²) in [5.41, 5.74) is 11.9. The van der Waals surface area contributed by atoms with Crippen LogP contribution in [0.25, 0.3) is 0 Å². The van der Waals surface area contributed by atoms with Crippen molar-refractivity contribution in [1.82, 2.24) is 0 Å². The highest BCUT2D eigenvalue weighted by molar-refractivity contribution is 7.12. The molecule has 1 aromatic carbocycles. The van der Waals surface area contributed by atoms with Gasteiger partial charge in [0.2, 0.25) is 0 Å². The first-order valence-electron chi connectivity index (χ1n) is 7.69. The zero-order valence-corrected chi connectivity index (χ0v) is 14.9. The quantitative estimate of drug-likeness (QED) is 0.820. The Morgan fingerprint density at radius 1 is 1.10 bits per heavy atom. The maximum absolute atomic E-state index is 6.63. The highest BCUT2D eigenvalue weighted by atomic mass is 32.1. The Balaban J connectivity index is 2.50. The first kappa shape index (κ1) is 16.3. The molecule has 0 bridgehead atoms. The fourth-order valence-corrected chi connectivity index (χ4v) is 3.82. The molecule has 0 aliphatic rings. The molecular weight excluding hydrogens is 274 g/mol. The number of hydrogen-bond donors (Lipinski definition) is 1. The summed E-state index contributed by atoms with van der Waals surface area (Å²) in [5, 5.41) is 0. The third kappa shape index (κ3) is 3.38. The molecule has 0 fully saturated rings. The molecule has 0 radical (unpaired) electrons. The lowest BCUT2D eigenvalue weighted by Gasteiger charge is -2.17. The minimum absolute atomic E-state index is 0.0211. The lowest BCUT2D eigenvalue weighted by Crippen LogP contribution is -2.14. The van der Waals surface area contributed by atoms with Crippen LogP contribution < -0.4 is 5.73 Å². The number of benzene rings is 1. The summed E-state index contributed by atoms with van der Waals surface area (Å²) in [6, 6.07) is 8.87. The number of rotatable bonds is 3. The van der Waals surface area contributed by atoms with Crippen molar-refractivity contribution in [2.45, 2.75) is 59.4 Å². The van der Waals surface area contributed by atoms with Crippen molar-refractivity contribution >= 4 is 11.3 Å². The molecular formula is C19H27NS. The van der Waals surface area contributed by atoms with Gasteiger partial charge in [-0.2, -0.15) is 0 Å². The first-order valence-corrected chi connectivity index (χ1v) is 8.51. The summed E-state index contributed by atoms with van der Waals surface area (Å²) in [7, 11) is 0. The first-order chi connectivity index (χ1) is 9.74. The Labute approximate surface area is 133 Å². The van der Waals surface area contributed by atoms with E-state index >= 15 is 0 Å². The van der Waals surface area contributed by atoms with E-state index in [-0.39, 0.29) is 11.5 Å². The van der Waals surface area contributed by atoms with Crippen molar-refractivity contribution < 1.29 is 0 Å². The van der Waals surface area contributed by atoms with Gasteiger partial charge in [-0.3, -0.25) is 0 Å². The summed E-state index contributed by atoms with van der Waals surface area (Å²) in [6.07, 6.45) is 1.05. The van der Waals surface area contributed by atoms with Gasteiger partial charge in [0.15, 0.2) is 0 Å². The highest BCUT2D eigenvalue weighted by Crippen LogP contribution is 2.37. The second-order valence-electron chi connectivity index (χ2n) is 6.93. The molecule has 1 aromatic heterocycles. The van der Waals surface area contributed by atoms with Crippen LogP contribution in [0, 0.1) is 13.8 Å². The molecule has 2 heteroatoms. The molecule has 0 amide bonds. The molecule has 0 aliphatic heterocycles. The molecule has 2 aromatic rings. The van der Waals surface area contributed by atoms with E-state index in [1.54, 1.807) is 0 Å². The van der Waals surface area contributed by atoms with E-state index in [0.717, 1.165) is 6.42 Å². The Morgan fingerprint density at radius 2 is 1.76 bits per heavy atom. The number of hydrogen-bond acceptors (Lipinski definition) is 2. The monoisotopic (exact) mass is 301 g/mol. The van der Waals surface area contributed by atoms with E-state index in [4.69, 9.17) is 5.73 Å². The molecule has 1 nitrogen and oxygen atoms in total. The molecule has 1 atom stereocenters. The van der Waals surface area contributed by atoms with Crippen LogP contribution in [0.1, 0.15) is 65.7 Å². The maximum atomic E-state index is 6.63. The van der Waals surface area contributed by atoms with Crippen molar-refractivity contribution in [3.63, 3.8) is 0 Å². The van der Waals surface area contributed by atoms with Gasteiger partial charge >= 0.3 is 0 Å². The molecule has 0 saturated heterocycles. The van der Waals surface area contributed by atoms with Gasteiger partial charge in [0, 0.05) is 9.75 Å². The normalized spacial score (nSPS) is 13.5. The fraction of sp³-hybridized carbons (Fsp3) is 0.474. The number of aryl methyl sites for hydroxylation is 3. The Morgan fingerprint density at radius 3 is 2.33 bits per heavy atom. The van der Waals surface area contributed by atoms with Gasteiger partial charge < -0.3 is 5.73 Å². The second kappa shape index (κ2) is 5.94. The van der Waals surface area contributed by atoms with E-state index in [1.165, 1.54) is 32.0 Å². The zero-order valence-electron chi connectivity index (χ0n) is 14.1. The smallest absolute Gasteiger partial charge is 0.0565 e. The third-order valence-corrected chi connectivity index (χ3v) is 5.73. The summed E-state index contributed by atoms with van der Waals surface area (Å²) in [6.45, 7) is 13.3. The van der Waals surface area contributed by atoms with E-state index < -0.39 is 0 Å². The van der Waals surface area contributed by atoms with E-state index in [9.17, 15) is 0 Å². The average molecular weight is 301 g/mol. The van der Waals surface area contributed by atoms with Crippen LogP contribution in [-0.4, -0.2) is 0 Å². The largest absolute Gasteiger partial charge is 0.320 e. The van der Waals surface area contributed by atoms with Crippen molar-refractivity contribution in [1.29, 1.82) is 0 Å². The lowest BCUT2D eigenvalue weighted by atomic mass is 9.90. The van der Waals surface area contributed by atoms with Crippen molar-refractivity contribution in [2.24, 2.45) is 5.73 Å². The summed E-state index contributed by atoms with van der Waals surface area (Å²) < 4.78 is 0. The van der Waals surface area contributed by atoms with Gasteiger partial charge in [0.05, 0.1) is 6.04 Å². The minimum Gasteiger partial charge on any atom is -0.320 e. The summed E-state index contributed by atoms with van der Waals surface area (Å²) in [4.78, 5) is 2.85. The molecule has 0 aliphatic carbocycles. The van der Waals surface area contributed by atoms with Gasteiger partial charge in [0.1, 0.15) is 0 Å². The van der Waals surface area contributed by atoms with E-state index in [1.807, 2.05) is 11.3 Å². The van der Waals surface area contributed by atoms with Crippen LogP contribution in [0.5, 0.6) is 0 Å². The molecule has 1 unspecified atom stereocenters. The van der Waals surface area contributed by atoms with E-state index in [2.05, 4.69) is 65.8 Å². The highest BCUT2D eigenvalue weighted by Gasteiger charge is 2.23. The van der Waals surface area contributed by atoms with Gasteiger partial charge in [0.25, 0.3) is 0 Å². The molecule has 2 N–H and O–H groups in total. The Kier molecular flexibility index (Phi) is 4.60. The van der Waals surface area contributed by atoms with E-state index in [0.29, 0.717) is 0 Å². The topological polar surface area (TPSA) is 26.0 Å². The third-order valence-electron chi connectivity index (χ3n) is 4.01. The Hall–Kier alpha value is -1.12. The number of nitrogens with two attached hydrogens (primary N) is 1. The van der Waals surface area contributed by atoms with Crippen LogP contribution in [0.4, 0.5) is 0 Å². The van der Waals surface area contributed by atoms with Gasteiger partial charge in [-0.05, 0) is 48.4 Å². The lowest BCUT2D eigenvalue weighted by molar-refractivity contribution is 0.603. The van der Waals surface area contributed by atoms with Crippen LogP contribution in [0.2, 0.25) is 0 Å². The second-order valence-corrected chi connectivity index (χ2v) is 8.07. The van der Waals surface area contributed by atoms with Crippen LogP contribution in [0.3, 0.4) is 0 Å². The fourth-order valence-electron chi connectivity index (χ4n) is 2.61.